The third-order valence-corrected chi connectivity index (χ3v) is 3.81. The van der Waals surface area contributed by atoms with Crippen LogP contribution in [-0.2, 0) is 4.79 Å². The third-order valence-electron chi connectivity index (χ3n) is 3.81. The first-order valence-corrected chi connectivity index (χ1v) is 7.15. The van der Waals surface area contributed by atoms with Crippen molar-refractivity contribution in [2.24, 2.45) is 0 Å². The molecular weight excluding hydrogens is 270 g/mol. The van der Waals surface area contributed by atoms with Crippen LogP contribution < -0.4 is 5.32 Å². The molecule has 1 aliphatic heterocycles. The summed E-state index contributed by atoms with van der Waals surface area (Å²) < 4.78 is 4.98. The molecule has 3 heterocycles. The van der Waals surface area contributed by atoms with Crippen LogP contribution in [0.25, 0.3) is 0 Å². The van der Waals surface area contributed by atoms with E-state index in [1.807, 2.05) is 13.0 Å². The van der Waals surface area contributed by atoms with Gasteiger partial charge in [-0.25, -0.2) is 0 Å². The lowest BCUT2D eigenvalue weighted by molar-refractivity contribution is -0.117. The van der Waals surface area contributed by atoms with E-state index in [-0.39, 0.29) is 5.91 Å². The summed E-state index contributed by atoms with van der Waals surface area (Å²) in [6.45, 7) is 4.02. The fraction of sp³-hybridized carbons (Fsp3) is 0.500. The maximum atomic E-state index is 11.9. The number of hydrogen-bond donors (Lipinski definition) is 2. The van der Waals surface area contributed by atoms with E-state index < -0.39 is 0 Å². The number of hydrogen-bond acceptors (Lipinski definition) is 5. The lowest BCUT2D eigenvalue weighted by Gasteiger charge is -2.30. The van der Waals surface area contributed by atoms with Crippen LogP contribution >= 0.6 is 0 Å². The zero-order valence-electron chi connectivity index (χ0n) is 12.0. The van der Waals surface area contributed by atoms with Crippen LogP contribution in [0.5, 0.6) is 0 Å². The van der Waals surface area contributed by atoms with Gasteiger partial charge in [-0.1, -0.05) is 5.16 Å². The maximum Gasteiger partial charge on any atom is 0.240 e. The molecule has 2 aromatic heterocycles. The summed E-state index contributed by atoms with van der Waals surface area (Å²) in [6.07, 6.45) is 3.86. The summed E-state index contributed by atoms with van der Waals surface area (Å²) in [6, 6.07) is 3.74. The van der Waals surface area contributed by atoms with Crippen LogP contribution in [0.1, 0.15) is 30.1 Å². The average Bonchev–Trinajstić information content (AvgIpc) is 3.11. The van der Waals surface area contributed by atoms with Crippen LogP contribution in [0.15, 0.2) is 22.9 Å². The normalized spacial score (nSPS) is 17.0. The summed E-state index contributed by atoms with van der Waals surface area (Å²) in [5, 5.41) is 13.5. The molecule has 0 spiro atoms. The van der Waals surface area contributed by atoms with Gasteiger partial charge in [-0.3, -0.25) is 20.1 Å². The molecule has 112 valence electrons. The summed E-state index contributed by atoms with van der Waals surface area (Å²) in [5.41, 5.74) is 1.95. The van der Waals surface area contributed by atoms with Crippen LogP contribution in [0.3, 0.4) is 0 Å². The molecule has 0 atom stereocenters. The Kier molecular flexibility index (Phi) is 4.01. The van der Waals surface area contributed by atoms with E-state index in [1.165, 1.54) is 5.69 Å². The first-order valence-electron chi connectivity index (χ1n) is 7.15. The van der Waals surface area contributed by atoms with Gasteiger partial charge in [-0.15, -0.1) is 0 Å². The van der Waals surface area contributed by atoms with Gasteiger partial charge < -0.3 is 4.52 Å². The average molecular weight is 289 g/mol. The van der Waals surface area contributed by atoms with E-state index in [4.69, 9.17) is 4.52 Å². The Bertz CT molecular complexity index is 584. The van der Waals surface area contributed by atoms with E-state index in [0.29, 0.717) is 18.3 Å². The van der Waals surface area contributed by atoms with Gasteiger partial charge in [0, 0.05) is 23.9 Å². The molecule has 0 saturated carbocycles. The van der Waals surface area contributed by atoms with Crippen molar-refractivity contribution >= 4 is 11.8 Å². The maximum absolute atomic E-state index is 11.9. The zero-order chi connectivity index (χ0) is 14.7. The van der Waals surface area contributed by atoms with Gasteiger partial charge in [0.2, 0.25) is 11.8 Å². The van der Waals surface area contributed by atoms with Crippen molar-refractivity contribution in [3.05, 3.63) is 29.7 Å². The number of carbonyl (C=O) groups is 1. The molecule has 3 rings (SSSR count). The summed E-state index contributed by atoms with van der Waals surface area (Å²) in [7, 11) is 0. The minimum absolute atomic E-state index is 0.0638. The Balaban J connectivity index is 1.45. The molecule has 0 unspecified atom stereocenters. The smallest absolute Gasteiger partial charge is 0.240 e. The van der Waals surface area contributed by atoms with Gasteiger partial charge in [0.25, 0.3) is 0 Å². The van der Waals surface area contributed by atoms with Gasteiger partial charge in [0.15, 0.2) is 0 Å². The van der Waals surface area contributed by atoms with Crippen LogP contribution in [0.4, 0.5) is 5.88 Å². The second-order valence-electron chi connectivity index (χ2n) is 5.44. The van der Waals surface area contributed by atoms with E-state index in [9.17, 15) is 4.79 Å². The van der Waals surface area contributed by atoms with E-state index in [2.05, 4.69) is 25.6 Å². The first-order chi connectivity index (χ1) is 10.2. The highest BCUT2D eigenvalue weighted by molar-refractivity contribution is 5.90. The van der Waals surface area contributed by atoms with E-state index >= 15 is 0 Å². The molecule has 0 bridgehead atoms. The van der Waals surface area contributed by atoms with Crippen LogP contribution in [-0.4, -0.2) is 45.8 Å². The van der Waals surface area contributed by atoms with Gasteiger partial charge >= 0.3 is 0 Å². The second-order valence-corrected chi connectivity index (χ2v) is 5.44. The van der Waals surface area contributed by atoms with Crippen molar-refractivity contribution in [3.63, 3.8) is 0 Å². The molecule has 1 amide bonds. The van der Waals surface area contributed by atoms with Crippen molar-refractivity contribution < 1.29 is 9.32 Å². The first kappa shape index (κ1) is 13.8. The Morgan fingerprint density at radius 3 is 2.95 bits per heavy atom. The number of nitrogens with zero attached hydrogens (tertiary/aromatic N) is 3. The minimum atomic E-state index is -0.0638. The molecule has 21 heavy (non-hydrogen) atoms. The topological polar surface area (TPSA) is 87.0 Å². The number of piperidine rings is 1. The lowest BCUT2D eigenvalue weighted by Crippen LogP contribution is -2.38. The van der Waals surface area contributed by atoms with Crippen molar-refractivity contribution in [2.45, 2.75) is 25.7 Å². The number of aromatic amines is 1. The summed E-state index contributed by atoms with van der Waals surface area (Å²) >= 11 is 0. The molecular formula is C14H19N5O2. The highest BCUT2D eigenvalue weighted by Crippen LogP contribution is 2.26. The fourth-order valence-electron chi connectivity index (χ4n) is 2.70. The number of amides is 1. The predicted molar refractivity (Wildman–Crippen MR) is 76.9 cm³/mol. The molecule has 1 fully saturated rings. The monoisotopic (exact) mass is 289 g/mol. The Morgan fingerprint density at radius 2 is 2.33 bits per heavy atom. The molecule has 7 nitrogen and oxygen atoms in total. The minimum Gasteiger partial charge on any atom is -0.338 e. The number of rotatable bonds is 4. The highest BCUT2D eigenvalue weighted by Gasteiger charge is 2.23. The SMILES string of the molecule is Cc1cc(NC(=O)CN2CCC(c3ccn[nH]3)CC2)on1. The second kappa shape index (κ2) is 6.09. The number of carbonyl (C=O) groups excluding carboxylic acids is 1. The number of anilines is 1. The fourth-order valence-corrected chi connectivity index (χ4v) is 2.70. The van der Waals surface area contributed by atoms with Gasteiger partial charge in [-0.05, 0) is 38.9 Å². The molecule has 1 aliphatic rings. The molecule has 0 aromatic carbocycles. The van der Waals surface area contributed by atoms with Crippen molar-refractivity contribution in [2.75, 3.05) is 25.0 Å². The standard InChI is InChI=1S/C14H19N5O2/c1-10-8-14(21-18-10)16-13(20)9-19-6-3-11(4-7-19)12-2-5-15-17-12/h2,5,8,11H,3-4,6-7,9H2,1H3,(H,15,17)(H,16,20). The van der Waals surface area contributed by atoms with Crippen molar-refractivity contribution in [1.82, 2.24) is 20.3 Å². The van der Waals surface area contributed by atoms with Crippen molar-refractivity contribution in [3.8, 4) is 0 Å². The van der Waals surface area contributed by atoms with Crippen molar-refractivity contribution in [1.29, 1.82) is 0 Å². The molecule has 1 saturated heterocycles. The molecule has 0 aliphatic carbocycles. The molecule has 7 heteroatoms. The Labute approximate surface area is 122 Å². The highest BCUT2D eigenvalue weighted by atomic mass is 16.5. The molecule has 2 aromatic rings. The molecule has 2 N–H and O–H groups in total. The number of likely N-dealkylation sites (tertiary alicyclic amines) is 1. The van der Waals surface area contributed by atoms with Gasteiger partial charge in [-0.2, -0.15) is 5.10 Å². The van der Waals surface area contributed by atoms with Gasteiger partial charge in [0.05, 0.1) is 12.2 Å². The summed E-state index contributed by atoms with van der Waals surface area (Å²) in [4.78, 5) is 14.1. The zero-order valence-corrected chi connectivity index (χ0v) is 12.0. The number of aromatic nitrogens is 3. The van der Waals surface area contributed by atoms with Crippen LogP contribution in [0, 0.1) is 6.92 Å². The third kappa shape index (κ3) is 3.49. The molecule has 0 radical (unpaired) electrons. The lowest BCUT2D eigenvalue weighted by atomic mass is 9.94. The van der Waals surface area contributed by atoms with Gasteiger partial charge in [0.1, 0.15) is 0 Å². The Morgan fingerprint density at radius 1 is 1.52 bits per heavy atom. The van der Waals surface area contributed by atoms with E-state index in [0.717, 1.165) is 31.6 Å². The number of nitrogens with one attached hydrogen (secondary N) is 2. The number of H-pyrrole nitrogens is 1. The largest absolute Gasteiger partial charge is 0.338 e. The quantitative estimate of drug-likeness (QED) is 0.891. The Hall–Kier alpha value is -2.15. The van der Waals surface area contributed by atoms with Crippen LogP contribution in [0.2, 0.25) is 0 Å². The predicted octanol–water partition coefficient (Wildman–Crippen LogP) is 1.52. The number of aryl methyl sites for hydroxylation is 1. The summed E-state index contributed by atoms with van der Waals surface area (Å²) in [5.74, 6) is 0.861. The van der Waals surface area contributed by atoms with E-state index in [1.54, 1.807) is 12.3 Å².